The molecule has 0 bridgehead atoms. The maximum absolute atomic E-state index is 13.2. The molecular formula is C25H33F3N6O4S2. The second-order valence-electron chi connectivity index (χ2n) is 8.27. The van der Waals surface area contributed by atoms with Crippen molar-refractivity contribution in [2.75, 3.05) is 37.7 Å². The van der Waals surface area contributed by atoms with Gasteiger partial charge in [-0.25, -0.2) is 4.99 Å². The number of alkyl halides is 3. The highest BCUT2D eigenvalue weighted by atomic mass is 32.1. The zero-order valence-electron chi connectivity index (χ0n) is 21.5. The van der Waals surface area contributed by atoms with Crippen molar-refractivity contribution in [3.8, 4) is 5.75 Å². The SMILES string of the molecule is CC(N)=NC(N)=S.O.O.O=C(COc1ccnc2c(C(F)(F)F)cccc12)N1CCN(c2ccc(S)cc2)CC1.[HH]. The van der Waals surface area contributed by atoms with Crippen molar-refractivity contribution in [2.45, 2.75) is 18.0 Å². The lowest BCUT2D eigenvalue weighted by atomic mass is 10.1. The monoisotopic (exact) mass is 602 g/mol. The molecule has 0 saturated carbocycles. The molecule has 0 spiro atoms. The fraction of sp³-hybridized carbons (Fsp3) is 0.280. The van der Waals surface area contributed by atoms with Gasteiger partial charge in [0.2, 0.25) is 0 Å². The number of rotatable bonds is 4. The lowest BCUT2D eigenvalue weighted by Gasteiger charge is -2.36. The lowest BCUT2D eigenvalue weighted by molar-refractivity contribution is -0.136. The summed E-state index contributed by atoms with van der Waals surface area (Å²) in [6.45, 7) is 3.83. The number of hydrogen-bond donors (Lipinski definition) is 3. The first-order chi connectivity index (χ1) is 18.0. The summed E-state index contributed by atoms with van der Waals surface area (Å²) in [6, 6.07) is 13.1. The summed E-state index contributed by atoms with van der Waals surface area (Å²) in [7, 11) is 0. The van der Waals surface area contributed by atoms with Gasteiger partial charge >= 0.3 is 6.18 Å². The predicted molar refractivity (Wildman–Crippen MR) is 158 cm³/mol. The van der Waals surface area contributed by atoms with Crippen LogP contribution in [0.3, 0.4) is 0 Å². The fourth-order valence-electron chi connectivity index (χ4n) is 3.79. The molecule has 220 valence electrons. The maximum Gasteiger partial charge on any atom is 0.418 e. The molecule has 2 aromatic carbocycles. The quantitative estimate of drug-likeness (QED) is 0.178. The van der Waals surface area contributed by atoms with Gasteiger partial charge in [0.05, 0.1) is 16.9 Å². The number of carbonyl (C=O) groups excluding carboxylic acids is 1. The average molecular weight is 603 g/mol. The molecule has 0 radical (unpaired) electrons. The molecule has 1 fully saturated rings. The van der Waals surface area contributed by atoms with Gasteiger partial charge in [-0.3, -0.25) is 9.78 Å². The minimum absolute atomic E-state index is 0. The van der Waals surface area contributed by atoms with Crippen LogP contribution in [0.4, 0.5) is 18.9 Å². The third-order valence-corrected chi connectivity index (χ3v) is 5.91. The molecule has 1 amide bonds. The van der Waals surface area contributed by atoms with Gasteiger partial charge in [-0.2, -0.15) is 13.2 Å². The summed E-state index contributed by atoms with van der Waals surface area (Å²) in [5.74, 6) is 0.393. The number of hydrogen-bond acceptors (Lipinski definition) is 6. The number of thiol groups is 1. The predicted octanol–water partition coefficient (Wildman–Crippen LogP) is 2.47. The Balaban J connectivity index is 0.00000143. The maximum atomic E-state index is 13.2. The van der Waals surface area contributed by atoms with Crippen LogP contribution in [-0.2, 0) is 11.0 Å². The Morgan fingerprint density at radius 2 is 1.73 bits per heavy atom. The van der Waals surface area contributed by atoms with Gasteiger partial charge in [-0.15, -0.1) is 12.6 Å². The number of ether oxygens (including phenoxy) is 1. The summed E-state index contributed by atoms with van der Waals surface area (Å²) in [5.41, 5.74) is 10.1. The van der Waals surface area contributed by atoms with Crippen LogP contribution in [0.5, 0.6) is 5.75 Å². The van der Waals surface area contributed by atoms with E-state index in [1.165, 1.54) is 24.4 Å². The normalized spacial score (nSPS) is 13.4. The Bertz CT molecular complexity index is 1320. The third-order valence-electron chi connectivity index (χ3n) is 5.52. The van der Waals surface area contributed by atoms with Crippen LogP contribution in [0.15, 0.2) is 64.6 Å². The van der Waals surface area contributed by atoms with E-state index in [0.29, 0.717) is 32.0 Å². The number of anilines is 1. The van der Waals surface area contributed by atoms with E-state index in [1.807, 2.05) is 24.3 Å². The molecule has 1 aliphatic heterocycles. The molecule has 0 unspecified atom stereocenters. The zero-order chi connectivity index (χ0) is 27.9. The highest BCUT2D eigenvalue weighted by Crippen LogP contribution is 2.36. The number of benzene rings is 2. The molecule has 40 heavy (non-hydrogen) atoms. The molecule has 15 heteroatoms. The van der Waals surface area contributed by atoms with Crippen LogP contribution >= 0.6 is 24.8 Å². The molecule has 10 nitrogen and oxygen atoms in total. The van der Waals surface area contributed by atoms with Crippen molar-refractivity contribution >= 4 is 58.3 Å². The number of thiocarbonyl (C=S) groups is 1. The molecule has 2 heterocycles. The molecule has 4 rings (SSSR count). The summed E-state index contributed by atoms with van der Waals surface area (Å²) < 4.78 is 45.3. The van der Waals surface area contributed by atoms with E-state index >= 15 is 0 Å². The molecule has 0 atom stereocenters. The molecule has 1 saturated heterocycles. The number of carbonyl (C=O) groups is 1. The van der Waals surface area contributed by atoms with Crippen molar-refractivity contribution in [3.63, 3.8) is 0 Å². The van der Waals surface area contributed by atoms with Gasteiger partial charge in [-0.1, -0.05) is 6.07 Å². The lowest BCUT2D eigenvalue weighted by Crippen LogP contribution is -2.50. The number of pyridine rings is 1. The summed E-state index contributed by atoms with van der Waals surface area (Å²) in [4.78, 5) is 24.7. The Morgan fingerprint density at radius 1 is 1.10 bits per heavy atom. The van der Waals surface area contributed by atoms with E-state index in [-0.39, 0.29) is 46.7 Å². The Labute approximate surface area is 241 Å². The second kappa shape index (κ2) is 15.2. The van der Waals surface area contributed by atoms with Crippen LogP contribution < -0.4 is 21.1 Å². The van der Waals surface area contributed by atoms with Crippen LogP contribution in [0.25, 0.3) is 10.9 Å². The summed E-state index contributed by atoms with van der Waals surface area (Å²) in [5, 5.41) is 0.308. The highest BCUT2D eigenvalue weighted by Gasteiger charge is 2.33. The van der Waals surface area contributed by atoms with Crippen LogP contribution in [0.2, 0.25) is 0 Å². The number of amides is 1. The first-order valence-corrected chi connectivity index (χ1v) is 12.3. The molecule has 1 aromatic heterocycles. The van der Waals surface area contributed by atoms with E-state index in [9.17, 15) is 18.0 Å². The molecule has 8 N–H and O–H groups in total. The number of aromatic nitrogens is 1. The Morgan fingerprint density at radius 3 is 2.25 bits per heavy atom. The van der Waals surface area contributed by atoms with Gasteiger partial charge in [-0.05, 0) is 61.6 Å². The van der Waals surface area contributed by atoms with Crippen LogP contribution in [0, 0.1) is 0 Å². The summed E-state index contributed by atoms with van der Waals surface area (Å²) in [6.07, 6.45) is -3.26. The van der Waals surface area contributed by atoms with E-state index < -0.39 is 11.7 Å². The number of halogens is 3. The molecule has 3 aromatic rings. The first-order valence-electron chi connectivity index (χ1n) is 11.5. The van der Waals surface area contributed by atoms with Crippen molar-refractivity contribution < 1.29 is 35.1 Å². The number of para-hydroxylation sites is 1. The average Bonchev–Trinajstić information content (AvgIpc) is 2.86. The number of piperazine rings is 1. The number of aliphatic imine (C=N–C) groups is 1. The number of amidine groups is 1. The first kappa shape index (κ1) is 34.4. The van der Waals surface area contributed by atoms with Gasteiger partial charge in [0.15, 0.2) is 11.7 Å². The summed E-state index contributed by atoms with van der Waals surface area (Å²) >= 11 is 8.67. The standard InChI is InChI=1S/C22H20F3N3O2S.C3H7N3S.2H2O.H2/c23-22(24,25)18-3-1-2-17-19(8-9-26-21(17)18)30-14-20(29)28-12-10-27(11-13-28)15-4-6-16(31)7-5-15;1-2(4)6-3(5)7;;;/h1-9,31H,10-14H2;1H3,(H4,4,5,6,7);2*1H2;1H. The number of nitrogens with zero attached hydrogens (tertiary/aromatic N) is 4. The van der Waals surface area contributed by atoms with E-state index in [2.05, 4.69) is 39.7 Å². The van der Waals surface area contributed by atoms with Crippen molar-refractivity contribution in [3.05, 3.63) is 60.3 Å². The second-order valence-corrected chi connectivity index (χ2v) is 9.21. The number of fused-ring (bicyclic) bond motifs is 1. The van der Waals surface area contributed by atoms with Gasteiger partial charge in [0.1, 0.15) is 5.75 Å². The molecular weight excluding hydrogens is 569 g/mol. The van der Waals surface area contributed by atoms with Crippen molar-refractivity contribution in [1.29, 1.82) is 0 Å². The topological polar surface area (TPSA) is 173 Å². The van der Waals surface area contributed by atoms with Crippen molar-refractivity contribution in [2.24, 2.45) is 16.5 Å². The zero-order valence-corrected chi connectivity index (χ0v) is 23.2. The molecule has 0 aliphatic carbocycles. The van der Waals surface area contributed by atoms with E-state index in [0.717, 1.165) is 16.6 Å². The van der Waals surface area contributed by atoms with Crippen molar-refractivity contribution in [1.82, 2.24) is 9.88 Å². The third kappa shape index (κ3) is 9.51. The van der Waals surface area contributed by atoms with Crippen LogP contribution in [-0.4, -0.2) is 70.5 Å². The minimum atomic E-state index is -4.52. The van der Waals surface area contributed by atoms with E-state index in [1.54, 1.807) is 11.8 Å². The van der Waals surface area contributed by atoms with Gasteiger partial charge in [0.25, 0.3) is 5.91 Å². The fourth-order valence-corrected chi connectivity index (χ4v) is 4.08. The Kier molecular flexibility index (Phi) is 13.1. The van der Waals surface area contributed by atoms with Gasteiger partial charge in [0, 0.05) is 49.8 Å². The Hall–Kier alpha value is -3.66. The number of nitrogens with two attached hydrogens (primary N) is 2. The largest absolute Gasteiger partial charge is 0.483 e. The smallest absolute Gasteiger partial charge is 0.418 e. The van der Waals surface area contributed by atoms with Gasteiger partial charge < -0.3 is 37.0 Å². The van der Waals surface area contributed by atoms with Crippen LogP contribution in [0.1, 0.15) is 13.9 Å². The highest BCUT2D eigenvalue weighted by molar-refractivity contribution is 7.80. The van der Waals surface area contributed by atoms with E-state index in [4.69, 9.17) is 16.2 Å². The molecule has 1 aliphatic rings. The minimum Gasteiger partial charge on any atom is -0.483 e.